The number of amides is 3. The fourth-order valence-corrected chi connectivity index (χ4v) is 4.62. The van der Waals surface area contributed by atoms with Crippen LogP contribution in [0.4, 0.5) is 0 Å². The monoisotopic (exact) mass is 356 g/mol. The zero-order valence-electron chi connectivity index (χ0n) is 14.4. The minimum absolute atomic E-state index is 0.0892. The molecule has 1 aromatic rings. The maximum absolute atomic E-state index is 12.4. The van der Waals surface area contributed by atoms with Crippen molar-refractivity contribution in [1.29, 1.82) is 0 Å². The second-order valence-corrected chi connectivity index (χ2v) is 7.39. The third kappa shape index (κ3) is 2.46. The van der Waals surface area contributed by atoms with Gasteiger partial charge in [-0.1, -0.05) is 12.1 Å². The average Bonchev–Trinajstić information content (AvgIpc) is 2.97. The third-order valence-corrected chi connectivity index (χ3v) is 5.94. The van der Waals surface area contributed by atoms with Gasteiger partial charge in [0.05, 0.1) is 23.8 Å². The molecule has 3 aliphatic rings. The molecule has 1 radical (unpaired) electrons. The Balaban J connectivity index is 1.48. The number of imide groups is 1. The maximum atomic E-state index is 12.4. The van der Waals surface area contributed by atoms with Gasteiger partial charge in [-0.3, -0.25) is 24.2 Å². The van der Waals surface area contributed by atoms with E-state index in [1.54, 1.807) is 24.3 Å². The summed E-state index contributed by atoms with van der Waals surface area (Å²) in [5.74, 6) is -1.14. The van der Waals surface area contributed by atoms with Crippen LogP contribution >= 0.6 is 0 Å². The van der Waals surface area contributed by atoms with Crippen LogP contribution in [-0.4, -0.2) is 63.4 Å². The van der Waals surface area contributed by atoms with Crippen molar-refractivity contribution in [2.45, 2.75) is 43.4 Å². The zero-order chi connectivity index (χ0) is 18.5. The van der Waals surface area contributed by atoms with Gasteiger partial charge in [0.1, 0.15) is 5.54 Å². The van der Waals surface area contributed by atoms with Crippen LogP contribution in [0.3, 0.4) is 0 Å². The molecular formula is C19H22N3O4. The minimum Gasteiger partial charge on any atom is -0.390 e. The number of fused-ring (bicyclic) bond motifs is 3. The van der Waals surface area contributed by atoms with E-state index in [2.05, 4.69) is 6.42 Å². The van der Waals surface area contributed by atoms with E-state index < -0.39 is 11.6 Å². The van der Waals surface area contributed by atoms with Crippen LogP contribution in [0.1, 0.15) is 46.4 Å². The first-order chi connectivity index (χ1) is 12.4. The van der Waals surface area contributed by atoms with Crippen LogP contribution in [0.25, 0.3) is 0 Å². The van der Waals surface area contributed by atoms with Crippen molar-refractivity contribution in [1.82, 2.24) is 9.80 Å². The van der Waals surface area contributed by atoms with E-state index in [0.717, 1.165) is 17.7 Å². The van der Waals surface area contributed by atoms with Gasteiger partial charge in [-0.15, -0.1) is 0 Å². The molecule has 7 nitrogen and oxygen atoms in total. The smallest absolute Gasteiger partial charge is 0.261 e. The molecule has 3 heterocycles. The lowest BCUT2D eigenvalue weighted by atomic mass is 9.87. The number of β-amino-alcohol motifs (C(OH)–C–C–N with tert-alkyl or cyclic N) is 1. The van der Waals surface area contributed by atoms with Crippen molar-refractivity contribution in [3.63, 3.8) is 0 Å². The van der Waals surface area contributed by atoms with Crippen molar-refractivity contribution >= 4 is 17.7 Å². The second-order valence-electron chi connectivity index (χ2n) is 7.39. The van der Waals surface area contributed by atoms with Gasteiger partial charge in [0.15, 0.2) is 0 Å². The van der Waals surface area contributed by atoms with Crippen LogP contribution < -0.4 is 5.73 Å². The molecule has 2 bridgehead atoms. The van der Waals surface area contributed by atoms with Gasteiger partial charge in [0.2, 0.25) is 5.91 Å². The number of piperidine rings is 1. The summed E-state index contributed by atoms with van der Waals surface area (Å²) in [6.07, 6.45) is 4.14. The van der Waals surface area contributed by atoms with Crippen LogP contribution in [-0.2, 0) is 4.79 Å². The molecule has 3 amide bonds. The number of aliphatic hydroxyl groups is 1. The van der Waals surface area contributed by atoms with Crippen LogP contribution in [0.5, 0.6) is 0 Å². The Hall–Kier alpha value is -2.25. The molecule has 26 heavy (non-hydrogen) atoms. The van der Waals surface area contributed by atoms with Gasteiger partial charge in [0.25, 0.3) is 11.8 Å². The molecule has 0 aromatic heterocycles. The predicted molar refractivity (Wildman–Crippen MR) is 93.0 cm³/mol. The summed E-state index contributed by atoms with van der Waals surface area (Å²) in [6, 6.07) is 6.83. The molecule has 2 fully saturated rings. The number of nitrogens with two attached hydrogens (primary N) is 1. The first-order valence-electron chi connectivity index (χ1n) is 8.95. The molecule has 1 aromatic carbocycles. The molecule has 137 valence electrons. The quantitative estimate of drug-likeness (QED) is 0.740. The summed E-state index contributed by atoms with van der Waals surface area (Å²) in [4.78, 5) is 40.1. The van der Waals surface area contributed by atoms with Crippen LogP contribution in [0, 0.1) is 6.42 Å². The number of aliphatic hydroxyl groups excluding tert-OH is 1. The fourth-order valence-electron chi connectivity index (χ4n) is 4.62. The van der Waals surface area contributed by atoms with Crippen molar-refractivity contribution in [2.75, 3.05) is 13.1 Å². The number of rotatable bonds is 5. The van der Waals surface area contributed by atoms with Gasteiger partial charge >= 0.3 is 0 Å². The molecule has 2 saturated heterocycles. The fraction of sp³-hybridized carbons (Fsp3) is 0.474. The molecule has 0 saturated carbocycles. The Morgan fingerprint density at radius 1 is 1.23 bits per heavy atom. The summed E-state index contributed by atoms with van der Waals surface area (Å²) < 4.78 is 0. The Morgan fingerprint density at radius 2 is 1.88 bits per heavy atom. The number of hydrogen-bond acceptors (Lipinski definition) is 5. The minimum atomic E-state index is -0.936. The molecule has 4 rings (SSSR count). The van der Waals surface area contributed by atoms with Gasteiger partial charge in [-0.2, -0.15) is 0 Å². The van der Waals surface area contributed by atoms with E-state index in [-0.39, 0.29) is 36.9 Å². The van der Waals surface area contributed by atoms with Gasteiger partial charge < -0.3 is 10.8 Å². The predicted octanol–water partition coefficient (Wildman–Crippen LogP) is 0.330. The van der Waals surface area contributed by atoms with E-state index >= 15 is 0 Å². The molecule has 0 aliphatic carbocycles. The number of nitrogens with zero attached hydrogens (tertiary/aromatic N) is 2. The van der Waals surface area contributed by atoms with Crippen LogP contribution in [0.2, 0.25) is 0 Å². The second kappa shape index (κ2) is 6.17. The molecule has 3 aliphatic heterocycles. The number of carbonyl (C=O) groups excluding carboxylic acids is 3. The molecule has 1 unspecified atom stereocenters. The Morgan fingerprint density at radius 3 is 2.50 bits per heavy atom. The standard InChI is InChI=1S/C19H22N3O4/c20-18(26)19-8-3-4-12(7-9-19)22(19)11-13(23)10-21-16(24)14-5-1-2-6-15(14)17(21)25/h1-3,5-6,12-13,23H,4,7-11H2,(H2,20,26)/t12-,13?,19+/m1/s1. The highest BCUT2D eigenvalue weighted by Crippen LogP contribution is 2.43. The van der Waals surface area contributed by atoms with E-state index in [4.69, 9.17) is 5.73 Å². The van der Waals surface area contributed by atoms with Gasteiger partial charge in [0, 0.05) is 12.6 Å². The Kier molecular flexibility index (Phi) is 4.08. The molecule has 0 spiro atoms. The maximum Gasteiger partial charge on any atom is 0.261 e. The summed E-state index contributed by atoms with van der Waals surface area (Å²) in [5, 5.41) is 10.6. The first-order valence-corrected chi connectivity index (χ1v) is 8.95. The topological polar surface area (TPSA) is 104 Å². The van der Waals surface area contributed by atoms with E-state index in [1.165, 1.54) is 0 Å². The zero-order valence-corrected chi connectivity index (χ0v) is 14.4. The third-order valence-electron chi connectivity index (χ3n) is 5.94. The Labute approximate surface area is 151 Å². The molecule has 3 atom stereocenters. The van der Waals surface area contributed by atoms with Gasteiger partial charge in [-0.25, -0.2) is 0 Å². The lowest BCUT2D eigenvalue weighted by molar-refractivity contribution is -0.131. The summed E-state index contributed by atoms with van der Waals surface area (Å²) >= 11 is 0. The number of primary amides is 1. The van der Waals surface area contributed by atoms with Crippen molar-refractivity contribution < 1.29 is 19.5 Å². The van der Waals surface area contributed by atoms with E-state index in [0.29, 0.717) is 24.0 Å². The van der Waals surface area contributed by atoms with Crippen molar-refractivity contribution in [2.24, 2.45) is 5.73 Å². The average molecular weight is 356 g/mol. The lowest BCUT2D eigenvalue weighted by Crippen LogP contribution is -2.60. The van der Waals surface area contributed by atoms with Gasteiger partial charge in [-0.05, 0) is 44.2 Å². The molecular weight excluding hydrogens is 334 g/mol. The summed E-state index contributed by atoms with van der Waals surface area (Å²) in [7, 11) is 0. The molecule has 3 N–H and O–H groups in total. The highest BCUT2D eigenvalue weighted by atomic mass is 16.3. The van der Waals surface area contributed by atoms with E-state index in [9.17, 15) is 19.5 Å². The number of hydrogen-bond donors (Lipinski definition) is 2. The number of benzene rings is 1. The van der Waals surface area contributed by atoms with Crippen molar-refractivity contribution in [3.8, 4) is 0 Å². The Bertz CT molecular complexity index is 741. The van der Waals surface area contributed by atoms with E-state index in [1.807, 2.05) is 4.90 Å². The first kappa shape index (κ1) is 17.2. The largest absolute Gasteiger partial charge is 0.390 e. The summed E-state index contributed by atoms with van der Waals surface area (Å²) in [5.41, 5.74) is 5.66. The lowest BCUT2D eigenvalue weighted by Gasteiger charge is -2.43. The number of carbonyl (C=O) groups is 3. The summed E-state index contributed by atoms with van der Waals surface area (Å²) in [6.45, 7) is 0.128. The van der Waals surface area contributed by atoms with Crippen LogP contribution in [0.15, 0.2) is 24.3 Å². The normalized spacial score (nSPS) is 29.1. The highest BCUT2D eigenvalue weighted by Gasteiger charge is 2.53. The van der Waals surface area contributed by atoms with Crippen molar-refractivity contribution in [3.05, 3.63) is 41.8 Å². The SMILES string of the molecule is NC(=O)[C@]12C[CH]C[C@H](CC1)N2CC(O)CN1C(=O)c2ccccc2C1=O. The molecule has 7 heteroatoms. The highest BCUT2D eigenvalue weighted by molar-refractivity contribution is 6.21.